The van der Waals surface area contributed by atoms with Gasteiger partial charge in [-0.1, -0.05) is 72.4 Å². The highest BCUT2D eigenvalue weighted by Gasteiger charge is 2.30. The maximum Gasteiger partial charge on any atom is 0.358 e. The number of esters is 2. The molecule has 0 radical (unpaired) electrons. The SMILES string of the molecule is CCOC(=O)c1c(NC(=O)C(OC(C)=O)c2ccccc2)nc(SC)n1Cc1ccccc1. The molecule has 1 heterocycles. The van der Waals surface area contributed by atoms with Gasteiger partial charge >= 0.3 is 11.9 Å². The molecule has 3 aromatic rings. The number of thioether (sulfide) groups is 1. The number of amides is 1. The molecule has 0 aliphatic heterocycles. The van der Waals surface area contributed by atoms with E-state index in [1.54, 1.807) is 41.8 Å². The molecule has 1 unspecified atom stereocenters. The fourth-order valence-electron chi connectivity index (χ4n) is 3.24. The van der Waals surface area contributed by atoms with Gasteiger partial charge in [-0.05, 0) is 18.7 Å². The van der Waals surface area contributed by atoms with Gasteiger partial charge < -0.3 is 19.4 Å². The van der Waals surface area contributed by atoms with E-state index in [-0.39, 0.29) is 18.1 Å². The molecule has 1 amide bonds. The summed E-state index contributed by atoms with van der Waals surface area (Å²) in [6, 6.07) is 18.2. The van der Waals surface area contributed by atoms with Crippen LogP contribution in [0.1, 0.15) is 41.6 Å². The molecule has 0 saturated heterocycles. The normalized spacial score (nSPS) is 11.5. The second-order valence-electron chi connectivity index (χ2n) is 6.98. The molecular weight excluding hydrogens is 442 g/mol. The maximum atomic E-state index is 13.2. The number of carbonyl (C=O) groups is 3. The van der Waals surface area contributed by atoms with Gasteiger partial charge in [-0.3, -0.25) is 9.59 Å². The molecule has 0 aliphatic rings. The number of ether oxygens (including phenoxy) is 2. The minimum atomic E-state index is -1.20. The maximum absolute atomic E-state index is 13.2. The first-order valence-electron chi connectivity index (χ1n) is 10.3. The number of nitrogens with zero attached hydrogens (tertiary/aromatic N) is 2. The Bertz CT molecular complexity index is 1120. The fourth-order valence-corrected chi connectivity index (χ4v) is 3.80. The second-order valence-corrected chi connectivity index (χ2v) is 7.75. The minimum Gasteiger partial charge on any atom is -0.461 e. The minimum absolute atomic E-state index is 0.0480. The molecule has 0 saturated carbocycles. The monoisotopic (exact) mass is 467 g/mol. The van der Waals surface area contributed by atoms with Crippen LogP contribution in [0.15, 0.2) is 65.8 Å². The van der Waals surface area contributed by atoms with Crippen molar-refractivity contribution in [2.45, 2.75) is 31.7 Å². The molecular formula is C24H25N3O5S. The first-order chi connectivity index (χ1) is 15.9. The Balaban J connectivity index is 2.01. The highest BCUT2D eigenvalue weighted by atomic mass is 32.2. The molecule has 1 atom stereocenters. The van der Waals surface area contributed by atoms with Crippen molar-refractivity contribution in [2.24, 2.45) is 0 Å². The molecule has 0 bridgehead atoms. The van der Waals surface area contributed by atoms with E-state index in [1.807, 2.05) is 36.6 Å². The molecule has 172 valence electrons. The summed E-state index contributed by atoms with van der Waals surface area (Å²) in [5.41, 5.74) is 1.57. The number of imidazole rings is 1. The van der Waals surface area contributed by atoms with Crippen LogP contribution < -0.4 is 5.32 Å². The summed E-state index contributed by atoms with van der Waals surface area (Å²) in [4.78, 5) is 42.2. The average Bonchev–Trinajstić information content (AvgIpc) is 3.15. The van der Waals surface area contributed by atoms with Gasteiger partial charge in [0.1, 0.15) is 0 Å². The largest absolute Gasteiger partial charge is 0.461 e. The van der Waals surface area contributed by atoms with Crippen LogP contribution in [0.5, 0.6) is 0 Å². The molecule has 1 N–H and O–H groups in total. The smallest absolute Gasteiger partial charge is 0.358 e. The van der Waals surface area contributed by atoms with Crippen LogP contribution in [0.3, 0.4) is 0 Å². The number of anilines is 1. The molecule has 0 aliphatic carbocycles. The summed E-state index contributed by atoms with van der Waals surface area (Å²) < 4.78 is 12.2. The van der Waals surface area contributed by atoms with Gasteiger partial charge in [0.05, 0.1) is 13.2 Å². The standard InChI is InChI=1S/C24H25N3O5S/c1-4-31-23(30)19-21(26-24(33-3)27(19)15-17-11-7-5-8-12-17)25-22(29)20(32-16(2)28)18-13-9-6-10-14-18/h5-14,20H,4,15H2,1-3H3,(H,25,29). The lowest BCUT2D eigenvalue weighted by molar-refractivity contribution is -0.152. The Labute approximate surface area is 196 Å². The quantitative estimate of drug-likeness (QED) is 0.374. The molecule has 8 nitrogen and oxygen atoms in total. The van der Waals surface area contributed by atoms with E-state index in [0.29, 0.717) is 17.3 Å². The number of rotatable bonds is 9. The van der Waals surface area contributed by atoms with Crippen LogP contribution in [0.4, 0.5) is 5.82 Å². The van der Waals surface area contributed by atoms with Gasteiger partial charge in [-0.2, -0.15) is 0 Å². The molecule has 0 spiro atoms. The van der Waals surface area contributed by atoms with Crippen molar-refractivity contribution in [1.82, 2.24) is 9.55 Å². The third kappa shape index (κ3) is 6.01. The second kappa shape index (κ2) is 11.3. The van der Waals surface area contributed by atoms with E-state index in [1.165, 1.54) is 18.7 Å². The molecule has 1 aromatic heterocycles. The van der Waals surface area contributed by atoms with E-state index in [4.69, 9.17) is 9.47 Å². The highest BCUT2D eigenvalue weighted by Crippen LogP contribution is 2.28. The van der Waals surface area contributed by atoms with Gasteiger partial charge in [0, 0.05) is 12.5 Å². The van der Waals surface area contributed by atoms with Gasteiger partial charge in [-0.25, -0.2) is 9.78 Å². The molecule has 9 heteroatoms. The van der Waals surface area contributed by atoms with Crippen molar-refractivity contribution in [3.63, 3.8) is 0 Å². The fraction of sp³-hybridized carbons (Fsp3) is 0.250. The summed E-state index contributed by atoms with van der Waals surface area (Å²) in [5.74, 6) is -1.80. The number of nitrogens with one attached hydrogen (secondary N) is 1. The summed E-state index contributed by atoms with van der Waals surface area (Å²) >= 11 is 1.34. The van der Waals surface area contributed by atoms with Gasteiger partial charge in [0.25, 0.3) is 5.91 Å². The highest BCUT2D eigenvalue weighted by molar-refractivity contribution is 7.98. The van der Waals surface area contributed by atoms with Crippen molar-refractivity contribution in [3.8, 4) is 0 Å². The third-order valence-electron chi connectivity index (χ3n) is 4.63. The Hall–Kier alpha value is -3.59. The van der Waals surface area contributed by atoms with Crippen LogP contribution in [0.2, 0.25) is 0 Å². The molecule has 3 rings (SSSR count). The lowest BCUT2D eigenvalue weighted by atomic mass is 10.1. The summed E-state index contributed by atoms with van der Waals surface area (Å²) in [7, 11) is 0. The Morgan fingerprint density at radius 1 is 1.06 bits per heavy atom. The Morgan fingerprint density at radius 2 is 1.70 bits per heavy atom. The van der Waals surface area contributed by atoms with E-state index in [2.05, 4.69) is 10.3 Å². The number of aromatic nitrogens is 2. The first kappa shape index (κ1) is 24.1. The molecule has 0 fully saturated rings. The number of benzene rings is 2. The topological polar surface area (TPSA) is 99.5 Å². The summed E-state index contributed by atoms with van der Waals surface area (Å²) in [6.45, 7) is 3.46. The predicted molar refractivity (Wildman–Crippen MR) is 125 cm³/mol. The van der Waals surface area contributed by atoms with Crippen molar-refractivity contribution >= 4 is 35.4 Å². The zero-order valence-corrected chi connectivity index (χ0v) is 19.4. The van der Waals surface area contributed by atoms with Crippen LogP contribution in [0, 0.1) is 0 Å². The van der Waals surface area contributed by atoms with E-state index >= 15 is 0 Å². The van der Waals surface area contributed by atoms with Gasteiger partial charge in [-0.15, -0.1) is 0 Å². The average molecular weight is 468 g/mol. The van der Waals surface area contributed by atoms with E-state index in [0.717, 1.165) is 5.56 Å². The number of hydrogen-bond donors (Lipinski definition) is 1. The molecule has 2 aromatic carbocycles. The summed E-state index contributed by atoms with van der Waals surface area (Å²) in [6.07, 6.45) is 0.631. The third-order valence-corrected chi connectivity index (χ3v) is 5.31. The first-order valence-corrected chi connectivity index (χ1v) is 11.6. The zero-order valence-electron chi connectivity index (χ0n) is 18.6. The van der Waals surface area contributed by atoms with Crippen LogP contribution in [-0.2, 0) is 25.6 Å². The number of hydrogen-bond acceptors (Lipinski definition) is 7. The van der Waals surface area contributed by atoms with Crippen molar-refractivity contribution in [3.05, 3.63) is 77.5 Å². The van der Waals surface area contributed by atoms with Crippen molar-refractivity contribution in [2.75, 3.05) is 18.2 Å². The van der Waals surface area contributed by atoms with Gasteiger partial charge in [0.2, 0.25) is 6.10 Å². The molecule has 33 heavy (non-hydrogen) atoms. The van der Waals surface area contributed by atoms with Crippen LogP contribution in [0.25, 0.3) is 0 Å². The number of carbonyl (C=O) groups excluding carboxylic acids is 3. The lowest BCUT2D eigenvalue weighted by Gasteiger charge is -2.17. The van der Waals surface area contributed by atoms with Crippen LogP contribution in [-0.4, -0.2) is 40.3 Å². The van der Waals surface area contributed by atoms with E-state index < -0.39 is 23.9 Å². The van der Waals surface area contributed by atoms with E-state index in [9.17, 15) is 14.4 Å². The van der Waals surface area contributed by atoms with Crippen molar-refractivity contribution in [1.29, 1.82) is 0 Å². The predicted octanol–water partition coefficient (Wildman–Crippen LogP) is 4.07. The Kier molecular flexibility index (Phi) is 8.26. The Morgan fingerprint density at radius 3 is 2.27 bits per heavy atom. The van der Waals surface area contributed by atoms with Crippen LogP contribution >= 0.6 is 11.8 Å². The van der Waals surface area contributed by atoms with Crippen molar-refractivity contribution < 1.29 is 23.9 Å². The lowest BCUT2D eigenvalue weighted by Crippen LogP contribution is -2.26. The summed E-state index contributed by atoms with van der Waals surface area (Å²) in [5, 5.41) is 3.20. The van der Waals surface area contributed by atoms with Gasteiger partial charge in [0.15, 0.2) is 16.7 Å². The zero-order chi connectivity index (χ0) is 23.8.